The molecule has 1 unspecified atom stereocenters. The van der Waals surface area contributed by atoms with E-state index < -0.39 is 24.1 Å². The van der Waals surface area contributed by atoms with Gasteiger partial charge in [0.1, 0.15) is 17.9 Å². The number of nitrogens with zero attached hydrogens (tertiary/aromatic N) is 2. The van der Waals surface area contributed by atoms with Gasteiger partial charge in [0.15, 0.2) is 0 Å². The Morgan fingerprint density at radius 3 is 2.12 bits per heavy atom. The Morgan fingerprint density at radius 1 is 1.02 bits per heavy atom. The lowest BCUT2D eigenvalue weighted by Gasteiger charge is -2.47. The van der Waals surface area contributed by atoms with Crippen LogP contribution in [0.15, 0.2) is 47.5 Å². The lowest BCUT2D eigenvalue weighted by Crippen LogP contribution is -2.51. The van der Waals surface area contributed by atoms with Crippen molar-refractivity contribution in [2.24, 2.45) is 21.7 Å². The summed E-state index contributed by atoms with van der Waals surface area (Å²) in [6.07, 6.45) is 4.98. The molecule has 1 saturated carbocycles. The van der Waals surface area contributed by atoms with Gasteiger partial charge in [-0.15, -0.1) is 0 Å². The molecule has 232 valence electrons. The van der Waals surface area contributed by atoms with E-state index >= 15 is 0 Å². The van der Waals surface area contributed by atoms with Gasteiger partial charge in [-0.25, -0.2) is 0 Å². The molecule has 1 heterocycles. The van der Waals surface area contributed by atoms with Crippen molar-refractivity contribution in [2.75, 3.05) is 6.54 Å². The molecule has 4 rings (SSSR count). The largest absolute Gasteiger partial charge is 0.480 e. The maximum absolute atomic E-state index is 14.5. The summed E-state index contributed by atoms with van der Waals surface area (Å²) in [5, 5.41) is 12.2. The molecule has 0 radical (unpaired) electrons. The van der Waals surface area contributed by atoms with Crippen LogP contribution in [0.25, 0.3) is 0 Å². The van der Waals surface area contributed by atoms with E-state index in [0.717, 1.165) is 37.7 Å². The highest BCUT2D eigenvalue weighted by Crippen LogP contribution is 2.50. The molecular formula is C34H43Cl2N3O4. The van der Waals surface area contributed by atoms with E-state index in [-0.39, 0.29) is 22.8 Å². The van der Waals surface area contributed by atoms with Crippen molar-refractivity contribution < 1.29 is 19.5 Å². The van der Waals surface area contributed by atoms with Crippen LogP contribution in [0.3, 0.4) is 0 Å². The van der Waals surface area contributed by atoms with E-state index in [1.165, 1.54) is 0 Å². The van der Waals surface area contributed by atoms with Crippen molar-refractivity contribution >= 4 is 46.7 Å². The van der Waals surface area contributed by atoms with E-state index in [9.17, 15) is 14.4 Å². The Kier molecular flexibility index (Phi) is 9.68. The van der Waals surface area contributed by atoms with Crippen molar-refractivity contribution in [2.45, 2.75) is 91.8 Å². The van der Waals surface area contributed by atoms with Crippen LogP contribution in [0.2, 0.25) is 10.0 Å². The van der Waals surface area contributed by atoms with Crippen molar-refractivity contribution in [3.05, 3.63) is 69.2 Å². The fourth-order valence-corrected chi connectivity index (χ4v) is 6.88. The van der Waals surface area contributed by atoms with Gasteiger partial charge in [0.2, 0.25) is 0 Å². The predicted molar refractivity (Wildman–Crippen MR) is 172 cm³/mol. The molecule has 7 nitrogen and oxygen atoms in total. The second-order valence-electron chi connectivity index (χ2n) is 14.2. The van der Waals surface area contributed by atoms with Gasteiger partial charge in [-0.2, -0.15) is 0 Å². The number of amides is 2. The average Bonchev–Trinajstić information content (AvgIpc) is 3.17. The normalized spacial score (nSPS) is 21.6. The highest BCUT2D eigenvalue weighted by atomic mass is 35.5. The first-order chi connectivity index (χ1) is 20.0. The number of carbonyl (C=O) groups is 3. The molecule has 1 aliphatic heterocycles. The molecule has 43 heavy (non-hydrogen) atoms. The van der Waals surface area contributed by atoms with Crippen molar-refractivity contribution in [3.63, 3.8) is 0 Å². The molecule has 1 spiro atoms. The van der Waals surface area contributed by atoms with Crippen LogP contribution in [-0.2, 0) is 9.59 Å². The topological polar surface area (TPSA) is 99.1 Å². The van der Waals surface area contributed by atoms with E-state index in [1.54, 1.807) is 30.3 Å². The first-order valence-corrected chi connectivity index (χ1v) is 15.7. The lowest BCUT2D eigenvalue weighted by molar-refractivity contribution is -0.136. The summed E-state index contributed by atoms with van der Waals surface area (Å²) in [4.78, 5) is 45.2. The van der Waals surface area contributed by atoms with Gasteiger partial charge in [-0.05, 0) is 91.2 Å². The molecule has 9 heteroatoms. The second kappa shape index (κ2) is 12.6. The van der Waals surface area contributed by atoms with Crippen molar-refractivity contribution in [3.8, 4) is 0 Å². The second-order valence-corrected chi connectivity index (χ2v) is 15.1. The van der Waals surface area contributed by atoms with Crippen molar-refractivity contribution in [1.29, 1.82) is 0 Å². The van der Waals surface area contributed by atoms with Crippen LogP contribution in [0.5, 0.6) is 0 Å². The number of hydrogen-bond donors (Lipinski definition) is 2. The van der Waals surface area contributed by atoms with Gasteiger partial charge in [-0.1, -0.05) is 76.9 Å². The van der Waals surface area contributed by atoms with Crippen LogP contribution in [0.4, 0.5) is 0 Å². The van der Waals surface area contributed by atoms with E-state index in [2.05, 4.69) is 46.9 Å². The first-order valence-electron chi connectivity index (χ1n) is 15.0. The Labute approximate surface area is 265 Å². The third-order valence-corrected chi connectivity index (χ3v) is 9.21. The quantitative estimate of drug-likeness (QED) is 0.310. The van der Waals surface area contributed by atoms with Gasteiger partial charge in [0, 0.05) is 21.2 Å². The Hall–Kier alpha value is -2.90. The first kappa shape index (κ1) is 33.0. The van der Waals surface area contributed by atoms with Gasteiger partial charge in [-0.3, -0.25) is 19.4 Å². The molecule has 1 aliphatic carbocycles. The number of benzene rings is 2. The van der Waals surface area contributed by atoms with Crippen LogP contribution >= 0.6 is 23.2 Å². The summed E-state index contributed by atoms with van der Waals surface area (Å²) < 4.78 is 0. The molecular weight excluding hydrogens is 585 g/mol. The minimum absolute atomic E-state index is 0.0267. The number of rotatable bonds is 8. The third kappa shape index (κ3) is 7.79. The molecule has 1 fully saturated rings. The molecule has 0 saturated heterocycles. The minimum Gasteiger partial charge on any atom is -0.480 e. The molecule has 0 aromatic heterocycles. The monoisotopic (exact) mass is 627 g/mol. The number of carbonyl (C=O) groups excluding carboxylic acids is 2. The Balaban J connectivity index is 1.77. The smallest absolute Gasteiger partial charge is 0.322 e. The van der Waals surface area contributed by atoms with Gasteiger partial charge >= 0.3 is 5.97 Å². The SMILES string of the molecule is CC(C)(C)CCC(c1ccc(C(=O)NCC(=O)O)cc1)N1C(=O)C(c2cc(Cl)cc(Cl)c2)=NC12CCC(C(C)(C)C)CC2. The number of aliphatic carboxylic acids is 1. The van der Waals surface area contributed by atoms with E-state index in [0.29, 0.717) is 39.2 Å². The summed E-state index contributed by atoms with van der Waals surface area (Å²) in [6, 6.07) is 12.0. The number of carboxylic acid groups (broad SMARTS) is 1. The summed E-state index contributed by atoms with van der Waals surface area (Å²) >= 11 is 12.7. The Bertz CT molecular complexity index is 1380. The van der Waals surface area contributed by atoms with Crippen molar-refractivity contribution in [1.82, 2.24) is 10.2 Å². The summed E-state index contributed by atoms with van der Waals surface area (Å²) in [5.74, 6) is -1.19. The highest BCUT2D eigenvalue weighted by molar-refractivity contribution is 6.47. The van der Waals surface area contributed by atoms with E-state index in [4.69, 9.17) is 33.3 Å². The van der Waals surface area contributed by atoms with Crippen LogP contribution in [0.1, 0.15) is 108 Å². The zero-order chi connectivity index (χ0) is 31.7. The van der Waals surface area contributed by atoms with Crippen LogP contribution in [0, 0.1) is 16.7 Å². The molecule has 2 amide bonds. The molecule has 2 N–H and O–H groups in total. The lowest BCUT2D eigenvalue weighted by atomic mass is 9.69. The number of hydrogen-bond acceptors (Lipinski definition) is 4. The zero-order valence-electron chi connectivity index (χ0n) is 26.0. The highest BCUT2D eigenvalue weighted by Gasteiger charge is 2.52. The maximum atomic E-state index is 14.5. The van der Waals surface area contributed by atoms with Gasteiger partial charge in [0.05, 0.1) is 6.04 Å². The zero-order valence-corrected chi connectivity index (χ0v) is 27.5. The van der Waals surface area contributed by atoms with Gasteiger partial charge < -0.3 is 15.3 Å². The Morgan fingerprint density at radius 2 is 1.60 bits per heavy atom. The summed E-state index contributed by atoms with van der Waals surface area (Å²) in [6.45, 7) is 12.9. The molecule has 0 bridgehead atoms. The number of carboxylic acids is 1. The minimum atomic E-state index is -1.11. The fourth-order valence-electron chi connectivity index (χ4n) is 6.35. The predicted octanol–water partition coefficient (Wildman–Crippen LogP) is 7.94. The maximum Gasteiger partial charge on any atom is 0.322 e. The third-order valence-electron chi connectivity index (χ3n) is 8.77. The fraction of sp³-hybridized carbons (Fsp3) is 0.529. The summed E-state index contributed by atoms with van der Waals surface area (Å²) in [5.41, 5.74) is 1.74. The van der Waals surface area contributed by atoms with Crippen LogP contribution in [-0.4, -0.2) is 45.7 Å². The number of nitrogens with one attached hydrogen (secondary N) is 1. The van der Waals surface area contributed by atoms with E-state index in [1.807, 2.05) is 17.0 Å². The molecule has 2 aromatic rings. The molecule has 2 aromatic carbocycles. The van der Waals surface area contributed by atoms with Gasteiger partial charge in [0.25, 0.3) is 11.8 Å². The molecule has 1 atom stereocenters. The standard InChI is InChI=1S/C34H43Cl2N3O4/c1-32(2,3)14-13-27(21-7-9-22(10-8-21)30(42)37-20-28(40)41)39-31(43)29(23-17-25(35)19-26(36)18-23)38-34(39)15-11-24(12-16-34)33(4,5)6/h7-10,17-19,24,27H,11-16,20H2,1-6H3,(H,37,42)(H,40,41). The molecule has 2 aliphatic rings. The number of aliphatic imine (C=N–C) groups is 1. The average molecular weight is 629 g/mol. The van der Waals surface area contributed by atoms with Crippen LogP contribution < -0.4 is 5.32 Å². The summed E-state index contributed by atoms with van der Waals surface area (Å²) in [7, 11) is 0. The number of halogens is 2.